The molecule has 3 heterocycles. The van der Waals surface area contributed by atoms with Gasteiger partial charge in [-0.15, -0.1) is 11.3 Å². The van der Waals surface area contributed by atoms with Crippen molar-refractivity contribution < 1.29 is 14.3 Å². The summed E-state index contributed by atoms with van der Waals surface area (Å²) in [4.78, 5) is 28.4. The maximum absolute atomic E-state index is 12.9. The zero-order valence-corrected chi connectivity index (χ0v) is 17.0. The maximum Gasteiger partial charge on any atom is 0.227 e. The lowest BCUT2D eigenvalue weighted by atomic mass is 9.78. The largest absolute Gasteiger partial charge is 0.381 e. The van der Waals surface area contributed by atoms with E-state index >= 15 is 0 Å². The molecule has 1 atom stereocenters. The first-order valence-electron chi connectivity index (χ1n) is 9.84. The Labute approximate surface area is 169 Å². The predicted molar refractivity (Wildman–Crippen MR) is 111 cm³/mol. The van der Waals surface area contributed by atoms with Gasteiger partial charge in [-0.2, -0.15) is 0 Å². The Bertz CT molecular complexity index is 826. The quantitative estimate of drug-likeness (QED) is 0.841. The first-order chi connectivity index (χ1) is 13.6. The summed E-state index contributed by atoms with van der Waals surface area (Å²) in [6, 6.07) is 12.1. The first-order valence-corrected chi connectivity index (χ1v) is 10.7. The minimum atomic E-state index is -0.297. The Balaban J connectivity index is 1.41. The van der Waals surface area contributed by atoms with Gasteiger partial charge in [0.15, 0.2) is 0 Å². The number of carbonyl (C=O) groups is 2. The molecule has 0 saturated carbocycles. The summed E-state index contributed by atoms with van der Waals surface area (Å²) in [5.74, 6) is -0.303. The van der Waals surface area contributed by atoms with E-state index in [2.05, 4.69) is 22.8 Å². The van der Waals surface area contributed by atoms with E-state index in [1.165, 1.54) is 4.88 Å². The molecule has 2 aliphatic rings. The van der Waals surface area contributed by atoms with E-state index in [0.717, 1.165) is 37.3 Å². The molecule has 2 aliphatic heterocycles. The average molecular weight is 399 g/mol. The highest BCUT2D eigenvalue weighted by Crippen LogP contribution is 2.37. The second-order valence-corrected chi connectivity index (χ2v) is 8.78. The molecule has 2 saturated heterocycles. The normalized spacial score (nSPS) is 21.7. The molecular weight excluding hydrogens is 372 g/mol. The third-order valence-corrected chi connectivity index (χ3v) is 7.05. The molecule has 6 heteroatoms. The molecule has 1 aromatic heterocycles. The molecule has 0 aliphatic carbocycles. The van der Waals surface area contributed by atoms with Crippen LogP contribution in [0, 0.1) is 12.8 Å². The zero-order chi connectivity index (χ0) is 19.6. The lowest BCUT2D eigenvalue weighted by Gasteiger charge is -2.36. The standard InChI is InChI=1S/C22H26N2O3S/c1-16-4-6-18(7-5-16)24-14-17(13-20(24)25)21(26)23-15-22(8-10-27-11-9-22)19-3-2-12-28-19/h2-7,12,17H,8-11,13-15H2,1H3,(H,23,26)/t17-/m0/s1. The Morgan fingerprint density at radius 2 is 2.00 bits per heavy atom. The molecule has 2 aromatic rings. The van der Waals surface area contributed by atoms with Gasteiger partial charge in [0.2, 0.25) is 11.8 Å². The van der Waals surface area contributed by atoms with Gasteiger partial charge in [-0.1, -0.05) is 23.8 Å². The second-order valence-electron chi connectivity index (χ2n) is 7.83. The van der Waals surface area contributed by atoms with Gasteiger partial charge in [-0.25, -0.2) is 0 Å². The Morgan fingerprint density at radius 1 is 1.25 bits per heavy atom. The fraction of sp³-hybridized carbons (Fsp3) is 0.455. The van der Waals surface area contributed by atoms with Gasteiger partial charge in [0.05, 0.1) is 5.92 Å². The lowest BCUT2D eigenvalue weighted by molar-refractivity contribution is -0.126. The molecule has 2 fully saturated rings. The number of rotatable bonds is 5. The number of ether oxygens (including phenoxy) is 1. The summed E-state index contributed by atoms with van der Waals surface area (Å²) in [7, 11) is 0. The highest BCUT2D eigenvalue weighted by Gasteiger charge is 2.39. The predicted octanol–water partition coefficient (Wildman–Crippen LogP) is 3.27. The van der Waals surface area contributed by atoms with Gasteiger partial charge >= 0.3 is 0 Å². The van der Waals surface area contributed by atoms with Gasteiger partial charge in [0.1, 0.15) is 0 Å². The number of hydrogen-bond acceptors (Lipinski definition) is 4. The van der Waals surface area contributed by atoms with Crippen molar-refractivity contribution in [3.8, 4) is 0 Å². The molecule has 5 nitrogen and oxygen atoms in total. The second kappa shape index (κ2) is 8.05. The smallest absolute Gasteiger partial charge is 0.227 e. The van der Waals surface area contributed by atoms with Crippen molar-refractivity contribution in [3.05, 3.63) is 52.2 Å². The Kier molecular flexibility index (Phi) is 5.51. The molecule has 28 heavy (non-hydrogen) atoms. The average Bonchev–Trinajstić information content (AvgIpc) is 3.38. The summed E-state index contributed by atoms with van der Waals surface area (Å²) in [5.41, 5.74) is 1.96. The number of carbonyl (C=O) groups excluding carboxylic acids is 2. The van der Waals surface area contributed by atoms with Crippen LogP contribution in [0.5, 0.6) is 0 Å². The van der Waals surface area contributed by atoms with Gasteiger partial charge in [0, 0.05) is 48.7 Å². The van der Waals surface area contributed by atoms with Crippen LogP contribution < -0.4 is 10.2 Å². The van der Waals surface area contributed by atoms with E-state index in [0.29, 0.717) is 13.1 Å². The monoisotopic (exact) mass is 398 g/mol. The summed E-state index contributed by atoms with van der Waals surface area (Å²) >= 11 is 1.74. The van der Waals surface area contributed by atoms with Gasteiger partial charge in [0.25, 0.3) is 0 Å². The highest BCUT2D eigenvalue weighted by atomic mass is 32.1. The summed E-state index contributed by atoms with van der Waals surface area (Å²) in [6.45, 7) is 4.51. The van der Waals surface area contributed by atoms with Crippen molar-refractivity contribution in [1.82, 2.24) is 5.32 Å². The van der Waals surface area contributed by atoms with E-state index in [4.69, 9.17) is 4.74 Å². The van der Waals surface area contributed by atoms with Crippen molar-refractivity contribution in [3.63, 3.8) is 0 Å². The molecule has 2 amide bonds. The van der Waals surface area contributed by atoms with E-state index in [1.807, 2.05) is 31.2 Å². The lowest BCUT2D eigenvalue weighted by Crippen LogP contribution is -2.46. The molecule has 1 aromatic carbocycles. The number of hydrogen-bond donors (Lipinski definition) is 1. The van der Waals surface area contributed by atoms with Gasteiger partial charge < -0.3 is 15.0 Å². The maximum atomic E-state index is 12.9. The number of thiophene rings is 1. The molecular formula is C22H26N2O3S. The Morgan fingerprint density at radius 3 is 2.68 bits per heavy atom. The van der Waals surface area contributed by atoms with Crippen LogP contribution in [-0.4, -0.2) is 38.1 Å². The molecule has 4 rings (SSSR count). The van der Waals surface area contributed by atoms with Crippen molar-refractivity contribution in [2.75, 3.05) is 31.2 Å². The molecule has 0 bridgehead atoms. The zero-order valence-electron chi connectivity index (χ0n) is 16.1. The van der Waals surface area contributed by atoms with Crippen molar-refractivity contribution in [2.24, 2.45) is 5.92 Å². The number of aryl methyl sites for hydroxylation is 1. The third-order valence-electron chi connectivity index (χ3n) is 5.94. The fourth-order valence-corrected chi connectivity index (χ4v) is 5.10. The van der Waals surface area contributed by atoms with E-state index in [9.17, 15) is 9.59 Å². The number of amides is 2. The summed E-state index contributed by atoms with van der Waals surface area (Å²) < 4.78 is 5.56. The van der Waals surface area contributed by atoms with Crippen LogP contribution in [-0.2, 0) is 19.7 Å². The Hall–Kier alpha value is -2.18. The number of benzene rings is 1. The molecule has 1 N–H and O–H groups in total. The molecule has 0 radical (unpaired) electrons. The van der Waals surface area contributed by atoms with Crippen LogP contribution in [0.1, 0.15) is 29.7 Å². The van der Waals surface area contributed by atoms with Crippen LogP contribution in [0.3, 0.4) is 0 Å². The highest BCUT2D eigenvalue weighted by molar-refractivity contribution is 7.10. The molecule has 148 valence electrons. The van der Waals surface area contributed by atoms with Crippen LogP contribution in [0.15, 0.2) is 41.8 Å². The minimum Gasteiger partial charge on any atom is -0.381 e. The topological polar surface area (TPSA) is 58.6 Å². The van der Waals surface area contributed by atoms with Crippen molar-refractivity contribution >= 4 is 28.8 Å². The number of nitrogens with one attached hydrogen (secondary N) is 1. The summed E-state index contributed by atoms with van der Waals surface area (Å²) in [6.07, 6.45) is 2.09. The fourth-order valence-electron chi connectivity index (χ4n) is 4.11. The third kappa shape index (κ3) is 3.84. The number of nitrogens with zero attached hydrogens (tertiary/aromatic N) is 1. The van der Waals surface area contributed by atoms with Crippen molar-refractivity contribution in [1.29, 1.82) is 0 Å². The molecule has 0 spiro atoms. The van der Waals surface area contributed by atoms with E-state index in [1.54, 1.807) is 16.2 Å². The van der Waals surface area contributed by atoms with Crippen LogP contribution in [0.2, 0.25) is 0 Å². The van der Waals surface area contributed by atoms with Crippen LogP contribution in [0.4, 0.5) is 5.69 Å². The minimum absolute atomic E-state index is 0.0167. The van der Waals surface area contributed by atoms with E-state index in [-0.39, 0.29) is 29.6 Å². The van der Waals surface area contributed by atoms with E-state index < -0.39 is 0 Å². The van der Waals surface area contributed by atoms with Crippen molar-refractivity contribution in [2.45, 2.75) is 31.6 Å². The van der Waals surface area contributed by atoms with Gasteiger partial charge in [-0.05, 0) is 43.3 Å². The first kappa shape index (κ1) is 19.2. The summed E-state index contributed by atoms with van der Waals surface area (Å²) in [5, 5.41) is 5.25. The van der Waals surface area contributed by atoms with Crippen LogP contribution >= 0.6 is 11.3 Å². The van der Waals surface area contributed by atoms with Gasteiger partial charge in [-0.3, -0.25) is 9.59 Å². The van der Waals surface area contributed by atoms with Crippen LogP contribution in [0.25, 0.3) is 0 Å². The number of anilines is 1. The SMILES string of the molecule is Cc1ccc(N2C[C@@H](C(=O)NCC3(c4cccs4)CCOCC3)CC2=O)cc1. The molecule has 0 unspecified atom stereocenters.